The molecule has 1 unspecified atom stereocenters. The molecule has 3 aromatic rings. The number of halogens is 1. The van der Waals surface area contributed by atoms with Crippen molar-refractivity contribution in [3.8, 4) is 17.6 Å². The molecule has 0 bridgehead atoms. The van der Waals surface area contributed by atoms with E-state index in [1.165, 1.54) is 6.20 Å². The van der Waals surface area contributed by atoms with Crippen LogP contribution in [0.4, 0.5) is 0 Å². The monoisotopic (exact) mass is 527 g/mol. The van der Waals surface area contributed by atoms with Crippen LogP contribution in [0, 0.1) is 11.3 Å². The fraction of sp³-hybridized carbons (Fsp3) is 0.370. The lowest BCUT2D eigenvalue weighted by Gasteiger charge is -2.27. The topological polar surface area (TPSA) is 102 Å². The van der Waals surface area contributed by atoms with Gasteiger partial charge in [-0.3, -0.25) is 0 Å². The van der Waals surface area contributed by atoms with E-state index in [2.05, 4.69) is 29.9 Å². The molecule has 0 aliphatic carbocycles. The molecule has 7 nitrogen and oxygen atoms in total. The van der Waals surface area contributed by atoms with Gasteiger partial charge in [-0.2, -0.15) is 5.26 Å². The van der Waals surface area contributed by atoms with Crippen LogP contribution >= 0.6 is 11.6 Å². The molecule has 36 heavy (non-hydrogen) atoms. The van der Waals surface area contributed by atoms with E-state index in [-0.39, 0.29) is 11.6 Å². The Labute approximate surface area is 218 Å². The largest absolute Gasteiger partial charge is 0.491 e. The Bertz CT molecular complexity index is 1370. The fourth-order valence-electron chi connectivity index (χ4n) is 3.71. The number of nitriles is 1. The number of rotatable bonds is 10. The summed E-state index contributed by atoms with van der Waals surface area (Å²) in [5, 5.41) is 10.1. The molecule has 0 fully saturated rings. The summed E-state index contributed by atoms with van der Waals surface area (Å²) in [6, 6.07) is 15.3. The zero-order valence-corrected chi connectivity index (χ0v) is 22.7. The van der Waals surface area contributed by atoms with Crippen LogP contribution < -0.4 is 9.47 Å². The molecule has 0 saturated heterocycles. The lowest BCUT2D eigenvalue weighted by atomic mass is 9.77. The van der Waals surface area contributed by atoms with Crippen molar-refractivity contribution < 1.29 is 17.9 Å². The van der Waals surface area contributed by atoms with Crippen molar-refractivity contribution in [2.24, 2.45) is 0 Å². The quantitative estimate of drug-likeness (QED) is 0.328. The van der Waals surface area contributed by atoms with E-state index in [9.17, 15) is 13.7 Å². The minimum absolute atomic E-state index is 0.222. The SMILES string of the molecule is CCCOc1c(Cl)cc(C(C)(C)c2ccc(OC(C)c3ccnc(CS(C)(=O)=O)n3)cc2)cc1C#N. The fourth-order valence-corrected chi connectivity index (χ4v) is 4.60. The van der Waals surface area contributed by atoms with Gasteiger partial charge in [-0.25, -0.2) is 18.4 Å². The van der Waals surface area contributed by atoms with Crippen molar-refractivity contribution in [1.82, 2.24) is 9.97 Å². The third kappa shape index (κ3) is 6.74. The first-order valence-corrected chi connectivity index (χ1v) is 14.0. The van der Waals surface area contributed by atoms with E-state index >= 15 is 0 Å². The van der Waals surface area contributed by atoms with Crippen LogP contribution in [-0.2, 0) is 21.0 Å². The Morgan fingerprint density at radius 1 is 1.14 bits per heavy atom. The second-order valence-corrected chi connectivity index (χ2v) is 11.7. The zero-order chi connectivity index (χ0) is 26.5. The van der Waals surface area contributed by atoms with Gasteiger partial charge in [0.15, 0.2) is 15.6 Å². The van der Waals surface area contributed by atoms with Crippen molar-refractivity contribution in [1.29, 1.82) is 5.26 Å². The minimum atomic E-state index is -3.23. The highest BCUT2D eigenvalue weighted by Gasteiger charge is 2.26. The summed E-state index contributed by atoms with van der Waals surface area (Å²) >= 11 is 6.49. The lowest BCUT2D eigenvalue weighted by Crippen LogP contribution is -2.19. The predicted molar refractivity (Wildman–Crippen MR) is 140 cm³/mol. The first-order valence-electron chi connectivity index (χ1n) is 11.6. The van der Waals surface area contributed by atoms with Gasteiger partial charge < -0.3 is 9.47 Å². The van der Waals surface area contributed by atoms with Crippen molar-refractivity contribution in [2.45, 2.75) is 51.4 Å². The molecular formula is C27H30ClN3O4S. The molecule has 9 heteroatoms. The van der Waals surface area contributed by atoms with Gasteiger partial charge in [-0.1, -0.05) is 44.5 Å². The number of nitrogens with zero attached hydrogens (tertiary/aromatic N) is 3. The van der Waals surface area contributed by atoms with Crippen LogP contribution in [-0.4, -0.2) is 31.2 Å². The maximum absolute atomic E-state index is 11.6. The molecule has 3 rings (SSSR count). The van der Waals surface area contributed by atoms with Gasteiger partial charge in [-0.15, -0.1) is 0 Å². The molecule has 1 aromatic heterocycles. The average molecular weight is 528 g/mol. The highest BCUT2D eigenvalue weighted by Crippen LogP contribution is 2.38. The van der Waals surface area contributed by atoms with Crippen molar-refractivity contribution in [3.63, 3.8) is 0 Å². The zero-order valence-electron chi connectivity index (χ0n) is 21.1. The van der Waals surface area contributed by atoms with Crippen molar-refractivity contribution >= 4 is 21.4 Å². The van der Waals surface area contributed by atoms with E-state index in [4.69, 9.17) is 21.1 Å². The molecule has 2 aromatic carbocycles. The Balaban J connectivity index is 1.80. The van der Waals surface area contributed by atoms with Crippen LogP contribution in [0.5, 0.6) is 11.5 Å². The van der Waals surface area contributed by atoms with Gasteiger partial charge in [0.1, 0.15) is 29.5 Å². The van der Waals surface area contributed by atoms with Crippen LogP contribution in [0.1, 0.15) is 68.4 Å². The number of benzene rings is 2. The summed E-state index contributed by atoms with van der Waals surface area (Å²) in [4.78, 5) is 8.37. The second-order valence-electron chi connectivity index (χ2n) is 9.17. The van der Waals surface area contributed by atoms with Crippen LogP contribution in [0.25, 0.3) is 0 Å². The van der Waals surface area contributed by atoms with Crippen LogP contribution in [0.2, 0.25) is 5.02 Å². The van der Waals surface area contributed by atoms with E-state index in [0.717, 1.165) is 23.8 Å². The maximum atomic E-state index is 11.6. The normalized spacial score (nSPS) is 12.6. The molecule has 0 saturated carbocycles. The van der Waals surface area contributed by atoms with E-state index in [1.54, 1.807) is 6.07 Å². The minimum Gasteiger partial charge on any atom is -0.491 e. The molecule has 0 spiro atoms. The molecule has 1 atom stereocenters. The first-order chi connectivity index (χ1) is 16.9. The summed E-state index contributed by atoms with van der Waals surface area (Å²) in [7, 11) is -3.23. The summed E-state index contributed by atoms with van der Waals surface area (Å²) in [5.74, 6) is 1.08. The van der Waals surface area contributed by atoms with Gasteiger partial charge in [0.25, 0.3) is 0 Å². The number of hydrogen-bond acceptors (Lipinski definition) is 7. The number of ether oxygens (including phenoxy) is 2. The summed E-state index contributed by atoms with van der Waals surface area (Å²) in [6.45, 7) is 8.46. The van der Waals surface area contributed by atoms with Gasteiger partial charge in [0, 0.05) is 17.9 Å². The standard InChI is InChI=1S/C27H30ClN3O4S/c1-6-13-34-26-19(16-29)14-21(15-23(26)28)27(3,4)20-7-9-22(10-8-20)35-18(2)24-11-12-30-25(31-24)17-36(5,32)33/h7-12,14-15,18H,6,13,17H2,1-5H3. The number of hydrogen-bond donors (Lipinski definition) is 0. The van der Waals surface area contributed by atoms with Crippen LogP contribution in [0.3, 0.4) is 0 Å². The number of aromatic nitrogens is 2. The molecular weight excluding hydrogens is 498 g/mol. The third-order valence-corrected chi connectivity index (χ3v) is 6.82. The Morgan fingerprint density at radius 2 is 1.83 bits per heavy atom. The highest BCUT2D eigenvalue weighted by molar-refractivity contribution is 7.89. The maximum Gasteiger partial charge on any atom is 0.155 e. The Kier molecular flexibility index (Phi) is 8.59. The summed E-state index contributed by atoms with van der Waals surface area (Å²) in [6.07, 6.45) is 3.10. The molecule has 0 N–H and O–H groups in total. The Morgan fingerprint density at radius 3 is 2.44 bits per heavy atom. The Hall–Kier alpha value is -3.15. The molecule has 190 valence electrons. The van der Waals surface area contributed by atoms with Gasteiger partial charge in [-0.05, 0) is 54.8 Å². The van der Waals surface area contributed by atoms with Gasteiger partial charge in [0.05, 0.1) is 22.9 Å². The van der Waals surface area contributed by atoms with E-state index in [0.29, 0.717) is 34.4 Å². The molecule has 1 heterocycles. The van der Waals surface area contributed by atoms with E-state index in [1.807, 2.05) is 50.2 Å². The van der Waals surface area contributed by atoms with Gasteiger partial charge >= 0.3 is 0 Å². The average Bonchev–Trinajstić information content (AvgIpc) is 2.82. The smallest absolute Gasteiger partial charge is 0.155 e. The summed E-state index contributed by atoms with van der Waals surface area (Å²) in [5.41, 5.74) is 2.48. The lowest BCUT2D eigenvalue weighted by molar-refractivity contribution is 0.221. The molecule has 0 aliphatic rings. The van der Waals surface area contributed by atoms with Crippen molar-refractivity contribution in [3.05, 3.63) is 81.9 Å². The number of sulfone groups is 1. The summed E-state index contributed by atoms with van der Waals surface area (Å²) < 4.78 is 34.9. The molecule has 0 radical (unpaired) electrons. The molecule has 0 aliphatic heterocycles. The molecule has 0 amide bonds. The second kappa shape index (κ2) is 11.3. The van der Waals surface area contributed by atoms with Crippen molar-refractivity contribution in [2.75, 3.05) is 12.9 Å². The van der Waals surface area contributed by atoms with E-state index < -0.39 is 21.4 Å². The third-order valence-electron chi connectivity index (χ3n) is 5.76. The van der Waals surface area contributed by atoms with Crippen LogP contribution in [0.15, 0.2) is 48.7 Å². The highest BCUT2D eigenvalue weighted by atomic mass is 35.5. The van der Waals surface area contributed by atoms with Gasteiger partial charge in [0.2, 0.25) is 0 Å². The first kappa shape index (κ1) is 27.4. The predicted octanol–water partition coefficient (Wildman–Crippen LogP) is 5.80.